The van der Waals surface area contributed by atoms with E-state index in [1.807, 2.05) is 107 Å². The van der Waals surface area contributed by atoms with Crippen LogP contribution < -0.4 is 14.7 Å². The first-order chi connectivity index (χ1) is 71.3. The molecule has 0 aliphatic heterocycles. The minimum atomic E-state index is 0.843. The Morgan fingerprint density at radius 1 is 0.132 bits per heavy atom. The minimum Gasteiger partial charge on any atom is -0.456 e. The second-order valence-electron chi connectivity index (χ2n) is 36.7. The molecule has 0 aliphatic rings. The molecular formula is C132H79N3O6S3. The fraction of sp³-hybridized carbons (Fsp3) is 0. The number of anilines is 9. The first-order valence-corrected chi connectivity index (χ1v) is 50.8. The van der Waals surface area contributed by atoms with Crippen LogP contribution in [0.1, 0.15) is 0 Å². The van der Waals surface area contributed by atoms with E-state index in [0.717, 1.165) is 210 Å². The summed E-state index contributed by atoms with van der Waals surface area (Å²) < 4.78 is 46.3. The van der Waals surface area contributed by atoms with Gasteiger partial charge in [-0.2, -0.15) is 0 Å². The van der Waals surface area contributed by atoms with E-state index >= 15 is 0 Å². The Morgan fingerprint density at radius 2 is 0.354 bits per heavy atom. The maximum absolute atomic E-state index is 6.58. The Bertz CT molecular complexity index is 9960. The van der Waals surface area contributed by atoms with Crippen LogP contribution in [0.4, 0.5) is 51.2 Å². The molecule has 9 aromatic heterocycles. The van der Waals surface area contributed by atoms with Crippen molar-refractivity contribution in [3.63, 3.8) is 0 Å². The first-order valence-electron chi connectivity index (χ1n) is 48.3. The summed E-state index contributed by atoms with van der Waals surface area (Å²) >= 11 is 5.62. The molecule has 31 rings (SSSR count). The third kappa shape index (κ3) is 13.8. The second-order valence-corrected chi connectivity index (χ2v) is 39.9. The summed E-state index contributed by atoms with van der Waals surface area (Å²) in [5, 5.41) is 21.3. The van der Waals surface area contributed by atoms with Gasteiger partial charge in [-0.15, -0.1) is 34.0 Å². The molecule has 9 heterocycles. The van der Waals surface area contributed by atoms with Crippen LogP contribution >= 0.6 is 34.0 Å². The standard InChI is InChI=1S/2C48H29NO3.C36H21NS3/c1-5-17-44-37(9-1)40-14-7-12-35(47(40)51-44)30-19-23-32(24-20-30)49(34-27-28-46-42(29-34)39-11-3-4-16-43(39)50-46)33-25-21-31(22-26-33)36-13-8-15-41-38-10-2-6-18-45(38)52-48(36)41;1-4-19-43-36(10-1)39-15-7-13-34(46(39)50-43)30-22-26-32(27-23-30)49(42-18-9-17-41-38-12-3-6-21-45(38)52-48(41)42)33-28-24-31(25-29-33)35-14-8-16-40-37-11-2-5-20-44(37)51-47(35)40;1-4-10-31-25(7-1)28-16-13-22(19-34(28)38-31)37(23-14-17-29-26-8-2-5-11-32(26)39-35(29)20-23)24-15-18-30-27-9-3-6-12-33(27)40-36(30)21-24/h2*1-29H;1-21H. The van der Waals surface area contributed by atoms with E-state index in [9.17, 15) is 0 Å². The molecule has 676 valence electrons. The van der Waals surface area contributed by atoms with E-state index < -0.39 is 0 Å². The summed E-state index contributed by atoms with van der Waals surface area (Å²) in [6, 6.07) is 170. The van der Waals surface area contributed by atoms with Gasteiger partial charge in [0.15, 0.2) is 5.58 Å². The molecule has 31 aromatic rings. The molecule has 0 spiro atoms. The van der Waals surface area contributed by atoms with E-state index in [4.69, 9.17) is 26.5 Å². The number of thiophene rings is 3. The largest absolute Gasteiger partial charge is 0.456 e. The number of fused-ring (bicyclic) bond motifs is 27. The predicted octanol–water partition coefficient (Wildman–Crippen LogP) is 40.6. The number of furan rings is 6. The highest BCUT2D eigenvalue weighted by Crippen LogP contribution is 2.51. The number of para-hydroxylation sites is 11. The molecule has 0 amide bonds. The van der Waals surface area contributed by atoms with Crippen molar-refractivity contribution in [3.05, 3.63) is 479 Å². The molecule has 0 saturated heterocycles. The zero-order valence-corrected chi connectivity index (χ0v) is 79.6. The van der Waals surface area contributed by atoms with E-state index in [1.165, 1.54) is 77.6 Å². The maximum Gasteiger partial charge on any atom is 0.159 e. The highest BCUT2D eigenvalue weighted by Gasteiger charge is 2.26. The van der Waals surface area contributed by atoms with Gasteiger partial charge in [-0.3, -0.25) is 0 Å². The summed E-state index contributed by atoms with van der Waals surface area (Å²) in [5.41, 5.74) is 29.0. The molecule has 0 saturated carbocycles. The summed E-state index contributed by atoms with van der Waals surface area (Å²) in [6.45, 7) is 0. The summed E-state index contributed by atoms with van der Waals surface area (Å²) in [4.78, 5) is 7.01. The van der Waals surface area contributed by atoms with E-state index in [0.29, 0.717) is 0 Å². The molecular weight excluding hydrogens is 1820 g/mol. The van der Waals surface area contributed by atoms with Crippen LogP contribution in [0.25, 0.3) is 237 Å². The van der Waals surface area contributed by atoms with Crippen molar-refractivity contribution in [1.29, 1.82) is 0 Å². The summed E-state index contributed by atoms with van der Waals surface area (Å²) in [5.74, 6) is 0. The van der Waals surface area contributed by atoms with Crippen LogP contribution in [0.2, 0.25) is 0 Å². The smallest absolute Gasteiger partial charge is 0.159 e. The van der Waals surface area contributed by atoms with Crippen molar-refractivity contribution in [2.45, 2.75) is 0 Å². The second kappa shape index (κ2) is 33.8. The Hall–Kier alpha value is -18.3. The van der Waals surface area contributed by atoms with Crippen molar-refractivity contribution < 1.29 is 26.5 Å². The SMILES string of the molecule is c1ccc2c(c1)oc1c(-c3ccc(N(c4ccc(-c5cccc6c5oc5ccccc56)cc4)c4cccc5c4oc4ccccc45)cc3)cccc12.c1ccc2c(c1)oc1ccc(N(c3ccc(-c4cccc5c4oc4ccccc45)cc3)c3ccc(-c4cccc5c4oc4ccccc45)cc3)cc12.c1ccc2c(c1)sc1cc(N(c3ccc4c(c3)sc3ccccc34)c3ccc4c(c3)sc3ccccc34)ccc12. The fourth-order valence-corrected chi connectivity index (χ4v) is 25.1. The Kier molecular flexibility index (Phi) is 19.4. The first kappa shape index (κ1) is 82.7. The minimum absolute atomic E-state index is 0.843. The fourth-order valence-electron chi connectivity index (χ4n) is 21.7. The average molecular weight is 1900 g/mol. The van der Waals surface area contributed by atoms with Gasteiger partial charge in [0.25, 0.3) is 0 Å². The van der Waals surface area contributed by atoms with Gasteiger partial charge in [0.1, 0.15) is 61.4 Å². The van der Waals surface area contributed by atoms with Crippen LogP contribution in [-0.2, 0) is 0 Å². The van der Waals surface area contributed by atoms with Gasteiger partial charge >= 0.3 is 0 Å². The molecule has 12 heteroatoms. The maximum atomic E-state index is 6.58. The zero-order valence-electron chi connectivity index (χ0n) is 77.1. The lowest BCUT2D eigenvalue weighted by Gasteiger charge is -2.26. The molecule has 0 aliphatic carbocycles. The normalized spacial score (nSPS) is 11.9. The number of nitrogens with zero attached hydrogens (tertiary/aromatic N) is 3. The Labute approximate surface area is 835 Å². The van der Waals surface area contributed by atoms with Crippen LogP contribution in [0.15, 0.2) is 506 Å². The van der Waals surface area contributed by atoms with Crippen LogP contribution in [0.3, 0.4) is 0 Å². The zero-order chi connectivity index (χ0) is 94.6. The van der Waals surface area contributed by atoms with Crippen LogP contribution in [-0.4, -0.2) is 0 Å². The molecule has 144 heavy (non-hydrogen) atoms. The van der Waals surface area contributed by atoms with Crippen molar-refractivity contribution in [2.24, 2.45) is 0 Å². The van der Waals surface area contributed by atoms with Crippen LogP contribution in [0.5, 0.6) is 0 Å². The lowest BCUT2D eigenvalue weighted by atomic mass is 10.0. The van der Waals surface area contributed by atoms with Gasteiger partial charge in [0, 0.05) is 193 Å². The van der Waals surface area contributed by atoms with Gasteiger partial charge in [0.2, 0.25) is 0 Å². The molecule has 0 bridgehead atoms. The van der Waals surface area contributed by atoms with Gasteiger partial charge in [-0.25, -0.2) is 0 Å². The van der Waals surface area contributed by atoms with Crippen molar-refractivity contribution >= 4 is 277 Å². The monoisotopic (exact) mass is 1900 g/mol. The molecule has 22 aromatic carbocycles. The molecule has 9 nitrogen and oxygen atoms in total. The molecule has 0 radical (unpaired) electrons. The number of rotatable bonds is 13. The highest BCUT2D eigenvalue weighted by molar-refractivity contribution is 7.26. The number of benzene rings is 22. The lowest BCUT2D eigenvalue weighted by molar-refractivity contribution is 0.668. The highest BCUT2D eigenvalue weighted by atomic mass is 32.1. The summed E-state index contributed by atoms with van der Waals surface area (Å²) in [6.07, 6.45) is 0. The third-order valence-electron chi connectivity index (χ3n) is 28.5. The van der Waals surface area contributed by atoms with Gasteiger partial charge in [0.05, 0.1) is 5.69 Å². The van der Waals surface area contributed by atoms with E-state index in [-0.39, 0.29) is 0 Å². The van der Waals surface area contributed by atoms with Crippen molar-refractivity contribution in [1.82, 2.24) is 0 Å². The topological polar surface area (TPSA) is 88.6 Å². The quantitative estimate of drug-likeness (QED) is 0.112. The Balaban J connectivity index is 0.000000104. The molecule has 0 unspecified atom stereocenters. The van der Waals surface area contributed by atoms with Crippen LogP contribution in [0, 0.1) is 0 Å². The van der Waals surface area contributed by atoms with Gasteiger partial charge in [-0.05, 0) is 186 Å². The molecule has 0 fully saturated rings. The Morgan fingerprint density at radius 3 is 0.688 bits per heavy atom. The van der Waals surface area contributed by atoms with E-state index in [2.05, 4.69) is 421 Å². The van der Waals surface area contributed by atoms with E-state index in [1.54, 1.807) is 0 Å². The number of hydrogen-bond acceptors (Lipinski definition) is 12. The predicted molar refractivity (Wildman–Crippen MR) is 607 cm³/mol. The molecule has 0 N–H and O–H groups in total. The number of hydrogen-bond donors (Lipinski definition) is 0. The third-order valence-corrected chi connectivity index (χ3v) is 31.9. The van der Waals surface area contributed by atoms with Gasteiger partial charge in [-0.1, -0.05) is 315 Å². The lowest BCUT2D eigenvalue weighted by Crippen LogP contribution is -2.10. The summed E-state index contributed by atoms with van der Waals surface area (Å²) in [7, 11) is 0. The van der Waals surface area contributed by atoms with Crippen molar-refractivity contribution in [3.8, 4) is 44.5 Å². The van der Waals surface area contributed by atoms with Gasteiger partial charge < -0.3 is 41.2 Å². The average Bonchev–Trinajstić information content (AvgIpc) is 1.57. The van der Waals surface area contributed by atoms with Crippen molar-refractivity contribution in [2.75, 3.05) is 14.7 Å². The molecule has 0 atom stereocenters.